The summed E-state index contributed by atoms with van der Waals surface area (Å²) >= 11 is 5.81. The standard InChI is InChI=1S/C11H18ClN5/c1-7-4-3-5-8(7)6-14-11-16-9(12)15-10(13-2)17-11/h7-8H,3-6H2,1-2H3,(H2,13,14,15,16,17). The molecule has 2 rings (SSSR count). The van der Waals surface area contributed by atoms with Gasteiger partial charge in [-0.25, -0.2) is 0 Å². The largest absolute Gasteiger partial charge is 0.357 e. The Morgan fingerprint density at radius 2 is 2.00 bits per heavy atom. The third kappa shape index (κ3) is 3.19. The van der Waals surface area contributed by atoms with Gasteiger partial charge in [-0.05, 0) is 29.9 Å². The third-order valence-electron chi connectivity index (χ3n) is 3.39. The summed E-state index contributed by atoms with van der Waals surface area (Å²) in [4.78, 5) is 12.2. The monoisotopic (exact) mass is 255 g/mol. The molecule has 1 saturated carbocycles. The Morgan fingerprint density at radius 3 is 2.65 bits per heavy atom. The lowest BCUT2D eigenvalue weighted by atomic mass is 9.98. The van der Waals surface area contributed by atoms with E-state index in [4.69, 9.17) is 11.6 Å². The lowest BCUT2D eigenvalue weighted by molar-refractivity contribution is 0.439. The Bertz CT molecular complexity index is 384. The number of hydrogen-bond donors (Lipinski definition) is 2. The number of nitrogens with one attached hydrogen (secondary N) is 2. The van der Waals surface area contributed by atoms with Crippen LogP contribution >= 0.6 is 11.6 Å². The maximum atomic E-state index is 5.81. The van der Waals surface area contributed by atoms with Crippen molar-refractivity contribution in [2.24, 2.45) is 11.8 Å². The second-order valence-electron chi connectivity index (χ2n) is 4.55. The summed E-state index contributed by atoms with van der Waals surface area (Å²) in [7, 11) is 1.76. The molecule has 1 aliphatic carbocycles. The molecule has 0 saturated heterocycles. The molecule has 0 bridgehead atoms. The van der Waals surface area contributed by atoms with E-state index in [9.17, 15) is 0 Å². The molecule has 2 atom stereocenters. The summed E-state index contributed by atoms with van der Waals surface area (Å²) in [6, 6.07) is 0. The first kappa shape index (κ1) is 12.4. The quantitative estimate of drug-likeness (QED) is 0.865. The first-order valence-electron chi connectivity index (χ1n) is 6.02. The fourth-order valence-electron chi connectivity index (χ4n) is 2.29. The van der Waals surface area contributed by atoms with Gasteiger partial charge in [-0.15, -0.1) is 0 Å². The first-order chi connectivity index (χ1) is 8.19. The average Bonchev–Trinajstić information content (AvgIpc) is 2.71. The average molecular weight is 256 g/mol. The van der Waals surface area contributed by atoms with Gasteiger partial charge in [-0.1, -0.05) is 19.8 Å². The minimum Gasteiger partial charge on any atom is -0.357 e. The highest BCUT2D eigenvalue weighted by molar-refractivity contribution is 6.28. The molecule has 1 fully saturated rings. The molecule has 0 aromatic carbocycles. The Labute approximate surface area is 106 Å². The van der Waals surface area contributed by atoms with Gasteiger partial charge in [0.25, 0.3) is 0 Å². The summed E-state index contributed by atoms with van der Waals surface area (Å²) in [5, 5.41) is 6.32. The Hall–Kier alpha value is -1.10. The molecule has 94 valence electrons. The van der Waals surface area contributed by atoms with E-state index in [-0.39, 0.29) is 5.28 Å². The van der Waals surface area contributed by atoms with Crippen molar-refractivity contribution in [1.29, 1.82) is 0 Å². The van der Waals surface area contributed by atoms with Gasteiger partial charge in [-0.2, -0.15) is 15.0 Å². The lowest BCUT2D eigenvalue weighted by Gasteiger charge is -2.15. The van der Waals surface area contributed by atoms with Gasteiger partial charge in [0.15, 0.2) is 0 Å². The van der Waals surface area contributed by atoms with Crippen LogP contribution in [0.25, 0.3) is 0 Å². The summed E-state index contributed by atoms with van der Waals surface area (Å²) in [5.41, 5.74) is 0. The van der Waals surface area contributed by atoms with E-state index in [0.29, 0.717) is 17.8 Å². The van der Waals surface area contributed by atoms with Gasteiger partial charge >= 0.3 is 0 Å². The van der Waals surface area contributed by atoms with Crippen molar-refractivity contribution in [3.63, 3.8) is 0 Å². The number of anilines is 2. The topological polar surface area (TPSA) is 62.7 Å². The second kappa shape index (κ2) is 5.49. The van der Waals surface area contributed by atoms with Crippen LogP contribution in [0.3, 0.4) is 0 Å². The van der Waals surface area contributed by atoms with E-state index >= 15 is 0 Å². The first-order valence-corrected chi connectivity index (χ1v) is 6.40. The smallest absolute Gasteiger partial charge is 0.228 e. The Morgan fingerprint density at radius 1 is 1.24 bits per heavy atom. The Kier molecular flexibility index (Phi) is 3.99. The van der Waals surface area contributed by atoms with Crippen molar-refractivity contribution in [3.05, 3.63) is 5.28 Å². The number of halogens is 1. The minimum absolute atomic E-state index is 0.214. The molecule has 1 aliphatic rings. The predicted octanol–water partition coefficient (Wildman–Crippen LogP) is 2.41. The summed E-state index contributed by atoms with van der Waals surface area (Å²) in [6.07, 6.45) is 3.94. The normalized spacial score (nSPS) is 23.7. The highest BCUT2D eigenvalue weighted by Crippen LogP contribution is 2.31. The summed E-state index contributed by atoms with van der Waals surface area (Å²) < 4.78 is 0. The zero-order valence-corrected chi connectivity index (χ0v) is 11.0. The molecule has 6 heteroatoms. The predicted molar refractivity (Wildman–Crippen MR) is 69.4 cm³/mol. The maximum absolute atomic E-state index is 5.81. The minimum atomic E-state index is 0.214. The highest BCUT2D eigenvalue weighted by Gasteiger charge is 2.23. The molecule has 2 unspecified atom stereocenters. The fraction of sp³-hybridized carbons (Fsp3) is 0.727. The number of nitrogens with zero attached hydrogens (tertiary/aromatic N) is 3. The molecule has 17 heavy (non-hydrogen) atoms. The van der Waals surface area contributed by atoms with Crippen molar-refractivity contribution in [2.45, 2.75) is 26.2 Å². The molecule has 1 aromatic heterocycles. The third-order valence-corrected chi connectivity index (χ3v) is 3.56. The van der Waals surface area contributed by atoms with Crippen LogP contribution in [0.15, 0.2) is 0 Å². The van der Waals surface area contributed by atoms with Crippen molar-refractivity contribution in [1.82, 2.24) is 15.0 Å². The van der Waals surface area contributed by atoms with Crippen molar-refractivity contribution in [2.75, 3.05) is 24.2 Å². The van der Waals surface area contributed by atoms with Gasteiger partial charge in [0, 0.05) is 13.6 Å². The van der Waals surface area contributed by atoms with E-state index in [1.807, 2.05) is 0 Å². The van der Waals surface area contributed by atoms with Crippen LogP contribution < -0.4 is 10.6 Å². The Balaban J connectivity index is 1.96. The van der Waals surface area contributed by atoms with Gasteiger partial charge in [0.05, 0.1) is 0 Å². The van der Waals surface area contributed by atoms with Crippen LogP contribution in [0.1, 0.15) is 26.2 Å². The molecule has 0 radical (unpaired) electrons. The molecule has 0 aliphatic heterocycles. The summed E-state index contributed by atoms with van der Waals surface area (Å²) in [6.45, 7) is 3.21. The molecule has 0 amide bonds. The van der Waals surface area contributed by atoms with Crippen LogP contribution in [0, 0.1) is 11.8 Å². The molecule has 0 spiro atoms. The van der Waals surface area contributed by atoms with Crippen molar-refractivity contribution >= 4 is 23.5 Å². The molecular weight excluding hydrogens is 238 g/mol. The van der Waals surface area contributed by atoms with Gasteiger partial charge in [0.1, 0.15) is 0 Å². The van der Waals surface area contributed by atoms with E-state index in [1.54, 1.807) is 7.05 Å². The van der Waals surface area contributed by atoms with Gasteiger partial charge < -0.3 is 10.6 Å². The van der Waals surface area contributed by atoms with Gasteiger partial charge in [0.2, 0.25) is 17.2 Å². The number of hydrogen-bond acceptors (Lipinski definition) is 5. The molecule has 2 N–H and O–H groups in total. The maximum Gasteiger partial charge on any atom is 0.228 e. The zero-order valence-electron chi connectivity index (χ0n) is 10.2. The number of rotatable bonds is 4. The molecular formula is C11H18ClN5. The van der Waals surface area contributed by atoms with Crippen LogP contribution in [0.5, 0.6) is 0 Å². The summed E-state index contributed by atoms with van der Waals surface area (Å²) in [5.74, 6) is 2.53. The SMILES string of the molecule is CNc1nc(Cl)nc(NCC2CCCC2C)n1. The van der Waals surface area contributed by atoms with Crippen molar-refractivity contribution in [3.8, 4) is 0 Å². The van der Waals surface area contributed by atoms with E-state index < -0.39 is 0 Å². The van der Waals surface area contributed by atoms with Crippen LogP contribution in [0.2, 0.25) is 5.28 Å². The van der Waals surface area contributed by atoms with E-state index in [1.165, 1.54) is 19.3 Å². The van der Waals surface area contributed by atoms with Crippen LogP contribution in [-0.4, -0.2) is 28.5 Å². The van der Waals surface area contributed by atoms with Crippen LogP contribution in [0.4, 0.5) is 11.9 Å². The second-order valence-corrected chi connectivity index (χ2v) is 4.89. The fourth-order valence-corrected chi connectivity index (χ4v) is 2.45. The highest BCUT2D eigenvalue weighted by atomic mass is 35.5. The van der Waals surface area contributed by atoms with Crippen molar-refractivity contribution < 1.29 is 0 Å². The van der Waals surface area contributed by atoms with Crippen LogP contribution in [-0.2, 0) is 0 Å². The van der Waals surface area contributed by atoms with E-state index in [2.05, 4.69) is 32.5 Å². The van der Waals surface area contributed by atoms with E-state index in [0.717, 1.165) is 12.5 Å². The molecule has 1 aromatic rings. The molecule has 1 heterocycles. The molecule has 5 nitrogen and oxygen atoms in total. The van der Waals surface area contributed by atoms with Gasteiger partial charge in [-0.3, -0.25) is 0 Å². The lowest BCUT2D eigenvalue weighted by Crippen LogP contribution is -2.18. The zero-order chi connectivity index (χ0) is 12.3. The number of aromatic nitrogens is 3.